The molecule has 1 N–H and O–H groups in total. The molecule has 1 aromatic carbocycles. The molecule has 0 aromatic heterocycles. The molecule has 1 aromatic rings. The largest absolute Gasteiger partial charge is 0.389 e. The zero-order chi connectivity index (χ0) is 16.3. The molecule has 24 heavy (non-hydrogen) atoms. The fourth-order valence-corrected chi connectivity index (χ4v) is 6.66. The average Bonchev–Trinajstić information content (AvgIpc) is 2.55. The fourth-order valence-electron chi connectivity index (χ4n) is 6.66. The number of hydrogen-bond donors (Lipinski definition) is 1. The van der Waals surface area contributed by atoms with Crippen molar-refractivity contribution in [2.45, 2.75) is 50.0 Å². The summed E-state index contributed by atoms with van der Waals surface area (Å²) in [6.45, 7) is 1.06. The zero-order valence-corrected chi connectivity index (χ0v) is 14.2. The van der Waals surface area contributed by atoms with Gasteiger partial charge >= 0.3 is 0 Å². The van der Waals surface area contributed by atoms with Crippen LogP contribution in [-0.2, 0) is 10.2 Å². The molecule has 0 unspecified atom stereocenters. The highest BCUT2D eigenvalue weighted by Gasteiger charge is 2.58. The number of benzene rings is 1. The third-order valence-electron chi connectivity index (χ3n) is 7.57. The maximum Gasteiger partial charge on any atom is 0.223 e. The van der Waals surface area contributed by atoms with Gasteiger partial charge in [0.15, 0.2) is 0 Å². The van der Waals surface area contributed by atoms with Gasteiger partial charge in [0.2, 0.25) is 5.91 Å². The van der Waals surface area contributed by atoms with Crippen molar-refractivity contribution >= 4 is 5.91 Å². The van der Waals surface area contributed by atoms with Gasteiger partial charge in [0, 0.05) is 24.9 Å². The summed E-state index contributed by atoms with van der Waals surface area (Å²) >= 11 is 0. The Morgan fingerprint density at radius 3 is 2.12 bits per heavy atom. The van der Waals surface area contributed by atoms with E-state index in [0.717, 1.165) is 11.8 Å². The fraction of sp³-hybridized carbons (Fsp3) is 0.667. The Balaban J connectivity index is 1.51. The van der Waals surface area contributed by atoms with Crippen LogP contribution in [0, 0.1) is 23.7 Å². The van der Waals surface area contributed by atoms with Crippen LogP contribution in [0.15, 0.2) is 30.3 Å². The summed E-state index contributed by atoms with van der Waals surface area (Å²) in [6, 6.07) is 10.9. The predicted molar refractivity (Wildman–Crippen MR) is 92.4 cm³/mol. The van der Waals surface area contributed by atoms with E-state index in [1.807, 2.05) is 4.90 Å². The Hall–Kier alpha value is -1.35. The van der Waals surface area contributed by atoms with Gasteiger partial charge in [-0.25, -0.2) is 0 Å². The second-order valence-corrected chi connectivity index (χ2v) is 8.84. The Bertz CT molecular complexity index is 606. The molecule has 4 saturated carbocycles. The number of carbonyl (C=O) groups is 1. The number of β-amino-alcohol motifs (C(OH)–C–C–N with tert-alkyl or cyclic N) is 1. The second-order valence-electron chi connectivity index (χ2n) is 8.84. The molecular weight excluding hydrogens is 298 g/mol. The quantitative estimate of drug-likeness (QED) is 0.928. The van der Waals surface area contributed by atoms with Gasteiger partial charge in [0.05, 0.1) is 6.10 Å². The standard InChI is InChI=1S/C21H27NO2/c23-19-12-22(13-19)20(24)11-21(16-4-2-1-3-5-16)17-7-14-6-15(9-17)10-18(21)8-14/h1-5,14-15,17-19,23H,6-13H2. The van der Waals surface area contributed by atoms with Crippen LogP contribution in [0.4, 0.5) is 0 Å². The van der Waals surface area contributed by atoms with E-state index in [9.17, 15) is 9.90 Å². The lowest BCUT2D eigenvalue weighted by atomic mass is 9.43. The number of likely N-dealkylation sites (tertiary alicyclic amines) is 1. The van der Waals surface area contributed by atoms with E-state index in [1.54, 1.807) is 0 Å². The number of carbonyl (C=O) groups excluding carboxylic acids is 1. The SMILES string of the molecule is O=C(CC1(c2ccccc2)C2CC3CC(C2)CC1C3)N1CC(O)C1. The van der Waals surface area contributed by atoms with Gasteiger partial charge in [-0.15, -0.1) is 0 Å². The zero-order valence-electron chi connectivity index (χ0n) is 14.2. The minimum absolute atomic E-state index is 0.0479. The molecule has 128 valence electrons. The van der Waals surface area contributed by atoms with Crippen LogP contribution in [0.3, 0.4) is 0 Å². The normalized spacial score (nSPS) is 40.6. The topological polar surface area (TPSA) is 40.5 Å². The van der Waals surface area contributed by atoms with E-state index >= 15 is 0 Å². The number of aliphatic hydroxyl groups excluding tert-OH is 1. The van der Waals surface area contributed by atoms with Crippen molar-refractivity contribution in [1.82, 2.24) is 4.90 Å². The van der Waals surface area contributed by atoms with Crippen LogP contribution >= 0.6 is 0 Å². The van der Waals surface area contributed by atoms with Gasteiger partial charge in [-0.05, 0) is 61.3 Å². The Labute approximate surface area is 144 Å². The van der Waals surface area contributed by atoms with Gasteiger partial charge in [0.25, 0.3) is 0 Å². The molecule has 1 amide bonds. The number of rotatable bonds is 3. The Kier molecular flexibility index (Phi) is 3.31. The van der Waals surface area contributed by atoms with Gasteiger partial charge in [-0.3, -0.25) is 4.79 Å². The monoisotopic (exact) mass is 325 g/mol. The minimum atomic E-state index is -0.305. The molecule has 1 aliphatic heterocycles. The first-order chi connectivity index (χ1) is 11.6. The van der Waals surface area contributed by atoms with E-state index < -0.39 is 0 Å². The molecule has 4 bridgehead atoms. The Morgan fingerprint density at radius 1 is 1.00 bits per heavy atom. The van der Waals surface area contributed by atoms with E-state index in [0.29, 0.717) is 31.3 Å². The summed E-state index contributed by atoms with van der Waals surface area (Å²) in [7, 11) is 0. The third kappa shape index (κ3) is 2.10. The van der Waals surface area contributed by atoms with Crippen LogP contribution in [0.5, 0.6) is 0 Å². The summed E-state index contributed by atoms with van der Waals surface area (Å²) in [5.74, 6) is 3.42. The molecule has 0 radical (unpaired) electrons. The number of nitrogens with zero attached hydrogens (tertiary/aromatic N) is 1. The lowest BCUT2D eigenvalue weighted by Crippen LogP contribution is -2.60. The highest BCUT2D eigenvalue weighted by atomic mass is 16.3. The first-order valence-electron chi connectivity index (χ1n) is 9.66. The van der Waals surface area contributed by atoms with Crippen molar-refractivity contribution in [2.24, 2.45) is 23.7 Å². The van der Waals surface area contributed by atoms with Crippen molar-refractivity contribution in [3.63, 3.8) is 0 Å². The molecule has 0 spiro atoms. The highest BCUT2D eigenvalue weighted by molar-refractivity contribution is 5.79. The molecule has 5 aliphatic rings. The van der Waals surface area contributed by atoms with Crippen molar-refractivity contribution in [1.29, 1.82) is 0 Å². The number of hydrogen-bond acceptors (Lipinski definition) is 2. The summed E-state index contributed by atoms with van der Waals surface area (Å²) in [5, 5.41) is 9.56. The summed E-state index contributed by atoms with van der Waals surface area (Å²) < 4.78 is 0. The lowest BCUT2D eigenvalue weighted by molar-refractivity contribution is -0.148. The van der Waals surface area contributed by atoms with E-state index in [1.165, 1.54) is 37.7 Å². The first kappa shape index (κ1) is 14.9. The molecule has 3 nitrogen and oxygen atoms in total. The predicted octanol–water partition coefficient (Wildman–Crippen LogP) is 2.97. The van der Waals surface area contributed by atoms with E-state index in [-0.39, 0.29) is 17.4 Å². The van der Waals surface area contributed by atoms with Crippen molar-refractivity contribution in [3.8, 4) is 0 Å². The Morgan fingerprint density at radius 2 is 1.58 bits per heavy atom. The summed E-state index contributed by atoms with van der Waals surface area (Å²) in [6.07, 6.45) is 7.05. The number of aliphatic hydroxyl groups is 1. The maximum absolute atomic E-state index is 13.0. The molecule has 1 heterocycles. The van der Waals surface area contributed by atoms with E-state index in [2.05, 4.69) is 30.3 Å². The van der Waals surface area contributed by atoms with Crippen molar-refractivity contribution < 1.29 is 9.90 Å². The molecular formula is C21H27NO2. The summed E-state index contributed by atoms with van der Waals surface area (Å²) in [4.78, 5) is 14.8. The lowest BCUT2D eigenvalue weighted by Gasteiger charge is -2.62. The van der Waals surface area contributed by atoms with Crippen LogP contribution in [0.2, 0.25) is 0 Å². The molecule has 0 atom stereocenters. The van der Waals surface area contributed by atoms with Gasteiger partial charge in [0.1, 0.15) is 0 Å². The molecule has 1 saturated heterocycles. The van der Waals surface area contributed by atoms with Gasteiger partial charge in [-0.1, -0.05) is 30.3 Å². The maximum atomic E-state index is 13.0. The molecule has 3 heteroatoms. The van der Waals surface area contributed by atoms with Crippen LogP contribution < -0.4 is 0 Å². The second kappa shape index (κ2) is 5.32. The minimum Gasteiger partial charge on any atom is -0.389 e. The van der Waals surface area contributed by atoms with Crippen molar-refractivity contribution in [3.05, 3.63) is 35.9 Å². The van der Waals surface area contributed by atoms with Crippen LogP contribution in [0.1, 0.15) is 44.1 Å². The first-order valence-corrected chi connectivity index (χ1v) is 9.66. The summed E-state index contributed by atoms with van der Waals surface area (Å²) in [5.41, 5.74) is 1.44. The molecule has 5 fully saturated rings. The molecule has 6 rings (SSSR count). The average molecular weight is 325 g/mol. The highest BCUT2D eigenvalue weighted by Crippen LogP contribution is 2.64. The number of amides is 1. The van der Waals surface area contributed by atoms with Gasteiger partial charge in [-0.2, -0.15) is 0 Å². The third-order valence-corrected chi connectivity index (χ3v) is 7.57. The molecule has 4 aliphatic carbocycles. The van der Waals surface area contributed by atoms with Crippen LogP contribution in [0.25, 0.3) is 0 Å². The van der Waals surface area contributed by atoms with Crippen molar-refractivity contribution in [2.75, 3.05) is 13.1 Å². The van der Waals surface area contributed by atoms with E-state index in [4.69, 9.17) is 0 Å². The smallest absolute Gasteiger partial charge is 0.223 e. The van der Waals surface area contributed by atoms with Crippen LogP contribution in [-0.4, -0.2) is 35.1 Å². The van der Waals surface area contributed by atoms with Gasteiger partial charge < -0.3 is 10.0 Å².